The highest BCUT2D eigenvalue weighted by Gasteiger charge is 2.01. The fourth-order valence-corrected chi connectivity index (χ4v) is 3.12. The van der Waals surface area contributed by atoms with Crippen LogP contribution in [0.3, 0.4) is 0 Å². The summed E-state index contributed by atoms with van der Waals surface area (Å²) in [5.41, 5.74) is 6.49. The van der Waals surface area contributed by atoms with Crippen molar-refractivity contribution in [2.75, 3.05) is 26.0 Å². The third-order valence-corrected chi connectivity index (χ3v) is 4.11. The highest BCUT2D eigenvalue weighted by Crippen LogP contribution is 2.22. The molecule has 88 valence electrons. The third kappa shape index (κ3) is 5.04. The molecule has 4 heteroatoms. The number of rotatable bonds is 6. The molecule has 0 unspecified atom stereocenters. The van der Waals surface area contributed by atoms with Crippen LogP contribution < -0.4 is 5.73 Å². The quantitative estimate of drug-likeness (QED) is 0.626. The molecule has 1 aromatic rings. The van der Waals surface area contributed by atoms with E-state index in [1.54, 1.807) is 18.4 Å². The molecule has 0 saturated heterocycles. The molecule has 0 aliphatic heterocycles. The van der Waals surface area contributed by atoms with Gasteiger partial charge in [0, 0.05) is 29.9 Å². The topological polar surface area (TPSA) is 35.2 Å². The Balaban J connectivity index is 2.33. The van der Waals surface area contributed by atoms with Crippen LogP contribution in [0.25, 0.3) is 0 Å². The van der Waals surface area contributed by atoms with Crippen molar-refractivity contribution in [3.05, 3.63) is 21.9 Å². The second-order valence-electron chi connectivity index (χ2n) is 3.16. The largest absolute Gasteiger partial charge is 0.385 e. The molecule has 1 aromatic heterocycles. The van der Waals surface area contributed by atoms with E-state index in [9.17, 15) is 0 Å². The van der Waals surface area contributed by atoms with Gasteiger partial charge in [-0.3, -0.25) is 0 Å². The van der Waals surface area contributed by atoms with Crippen LogP contribution in [-0.2, 0) is 10.5 Å². The predicted molar refractivity (Wildman–Crippen MR) is 72.9 cm³/mol. The second kappa shape index (κ2) is 8.66. The summed E-state index contributed by atoms with van der Waals surface area (Å²) in [5, 5.41) is 2.09. The van der Waals surface area contributed by atoms with E-state index in [2.05, 4.69) is 23.3 Å². The van der Waals surface area contributed by atoms with Crippen molar-refractivity contribution in [1.29, 1.82) is 0 Å². The molecule has 0 radical (unpaired) electrons. The second-order valence-corrected chi connectivity index (χ2v) is 5.27. The molecule has 0 amide bonds. The SMILES string of the molecule is COCCCSCc1sccc1C#CCN. The van der Waals surface area contributed by atoms with Gasteiger partial charge in [-0.15, -0.1) is 11.3 Å². The Bertz CT molecular complexity index is 351. The Labute approximate surface area is 106 Å². The normalized spacial score (nSPS) is 9.88. The maximum Gasteiger partial charge on any atom is 0.0555 e. The summed E-state index contributed by atoms with van der Waals surface area (Å²) in [5.74, 6) is 8.17. The minimum absolute atomic E-state index is 0.427. The van der Waals surface area contributed by atoms with Gasteiger partial charge in [0.25, 0.3) is 0 Å². The van der Waals surface area contributed by atoms with Crippen LogP contribution in [-0.4, -0.2) is 26.0 Å². The van der Waals surface area contributed by atoms with Crippen LogP contribution in [0.2, 0.25) is 0 Å². The Morgan fingerprint density at radius 1 is 1.56 bits per heavy atom. The average molecular weight is 255 g/mol. The van der Waals surface area contributed by atoms with Crippen LogP contribution in [0.15, 0.2) is 11.4 Å². The number of thiophene rings is 1. The summed E-state index contributed by atoms with van der Waals surface area (Å²) in [7, 11) is 1.74. The lowest BCUT2D eigenvalue weighted by Crippen LogP contribution is -1.93. The molecule has 0 aliphatic carbocycles. The zero-order chi connectivity index (χ0) is 11.6. The molecular weight excluding hydrogens is 238 g/mol. The molecule has 2 N–H and O–H groups in total. The third-order valence-electron chi connectivity index (χ3n) is 1.94. The number of hydrogen-bond donors (Lipinski definition) is 1. The van der Waals surface area contributed by atoms with Crippen LogP contribution in [0, 0.1) is 11.8 Å². The Kier molecular flexibility index (Phi) is 7.35. The first kappa shape index (κ1) is 13.6. The van der Waals surface area contributed by atoms with Gasteiger partial charge in [0.1, 0.15) is 0 Å². The molecule has 1 rings (SSSR count). The van der Waals surface area contributed by atoms with E-state index < -0.39 is 0 Å². The van der Waals surface area contributed by atoms with Crippen LogP contribution >= 0.6 is 23.1 Å². The van der Waals surface area contributed by atoms with E-state index >= 15 is 0 Å². The minimum atomic E-state index is 0.427. The van der Waals surface area contributed by atoms with Crippen molar-refractivity contribution in [2.45, 2.75) is 12.2 Å². The molecule has 2 nitrogen and oxygen atoms in total. The van der Waals surface area contributed by atoms with Gasteiger partial charge in [0.15, 0.2) is 0 Å². The number of methoxy groups -OCH3 is 1. The Morgan fingerprint density at radius 3 is 3.19 bits per heavy atom. The summed E-state index contributed by atoms with van der Waals surface area (Å²) >= 11 is 3.70. The van der Waals surface area contributed by atoms with Gasteiger partial charge in [-0.05, 0) is 23.6 Å². The summed E-state index contributed by atoms with van der Waals surface area (Å²) in [6, 6.07) is 2.07. The van der Waals surface area contributed by atoms with Crippen molar-refractivity contribution in [3.63, 3.8) is 0 Å². The molecular formula is C12H17NOS2. The van der Waals surface area contributed by atoms with Crippen molar-refractivity contribution in [3.8, 4) is 11.8 Å². The zero-order valence-corrected chi connectivity index (χ0v) is 11.1. The first-order valence-electron chi connectivity index (χ1n) is 5.20. The first-order valence-corrected chi connectivity index (χ1v) is 7.24. The molecule has 0 bridgehead atoms. The number of ether oxygens (including phenoxy) is 1. The standard InChI is InChI=1S/C12H17NOS2/c1-14-7-3-8-15-10-12-11(4-2-6-13)5-9-16-12/h5,9H,3,6-8,10,13H2,1H3. The van der Waals surface area contributed by atoms with Crippen molar-refractivity contribution < 1.29 is 4.74 Å². The van der Waals surface area contributed by atoms with Gasteiger partial charge in [-0.1, -0.05) is 11.8 Å². The predicted octanol–water partition coefficient (Wildman–Crippen LogP) is 2.33. The van der Waals surface area contributed by atoms with E-state index in [1.165, 1.54) is 4.88 Å². The van der Waals surface area contributed by atoms with Gasteiger partial charge in [0.2, 0.25) is 0 Å². The Hall–Kier alpha value is -0.470. The maximum atomic E-state index is 5.36. The molecule has 1 heterocycles. The summed E-state index contributed by atoms with van der Waals surface area (Å²) in [6.07, 6.45) is 1.11. The summed E-state index contributed by atoms with van der Waals surface area (Å²) < 4.78 is 5.01. The van der Waals surface area contributed by atoms with Crippen molar-refractivity contribution >= 4 is 23.1 Å². The maximum absolute atomic E-state index is 5.36. The molecule has 0 fully saturated rings. The van der Waals surface area contributed by atoms with E-state index in [4.69, 9.17) is 10.5 Å². The summed E-state index contributed by atoms with van der Waals surface area (Å²) in [6.45, 7) is 1.27. The van der Waals surface area contributed by atoms with Crippen LogP contribution in [0.4, 0.5) is 0 Å². The van der Waals surface area contributed by atoms with Crippen LogP contribution in [0.5, 0.6) is 0 Å². The van der Waals surface area contributed by atoms with Gasteiger partial charge in [-0.2, -0.15) is 11.8 Å². The molecule has 0 atom stereocenters. The first-order chi connectivity index (χ1) is 7.88. The summed E-state index contributed by atoms with van der Waals surface area (Å²) in [4.78, 5) is 1.35. The van der Waals surface area contributed by atoms with Gasteiger partial charge in [-0.25, -0.2) is 0 Å². The number of hydrogen-bond acceptors (Lipinski definition) is 4. The monoisotopic (exact) mass is 255 g/mol. The molecule has 0 saturated carbocycles. The minimum Gasteiger partial charge on any atom is -0.385 e. The van der Waals surface area contributed by atoms with E-state index in [-0.39, 0.29) is 0 Å². The van der Waals surface area contributed by atoms with Gasteiger partial charge in [0.05, 0.1) is 6.54 Å². The lowest BCUT2D eigenvalue weighted by molar-refractivity contribution is 0.200. The fraction of sp³-hybridized carbons (Fsp3) is 0.500. The van der Waals surface area contributed by atoms with Crippen LogP contribution in [0.1, 0.15) is 16.9 Å². The van der Waals surface area contributed by atoms with Gasteiger partial charge < -0.3 is 10.5 Å². The van der Waals surface area contributed by atoms with Crippen molar-refractivity contribution in [2.24, 2.45) is 5.73 Å². The molecule has 0 spiro atoms. The van der Waals surface area contributed by atoms with Gasteiger partial charge >= 0.3 is 0 Å². The average Bonchev–Trinajstić information content (AvgIpc) is 2.74. The number of nitrogens with two attached hydrogens (primary N) is 1. The molecule has 0 aliphatic rings. The highest BCUT2D eigenvalue weighted by atomic mass is 32.2. The Morgan fingerprint density at radius 2 is 2.44 bits per heavy atom. The smallest absolute Gasteiger partial charge is 0.0555 e. The lowest BCUT2D eigenvalue weighted by atomic mass is 10.3. The van der Waals surface area contributed by atoms with E-state index in [0.717, 1.165) is 30.1 Å². The number of thioether (sulfide) groups is 1. The van der Waals surface area contributed by atoms with Crippen molar-refractivity contribution in [1.82, 2.24) is 0 Å². The fourth-order valence-electron chi connectivity index (χ4n) is 1.18. The van der Waals surface area contributed by atoms with E-state index in [1.807, 2.05) is 11.8 Å². The van der Waals surface area contributed by atoms with E-state index in [0.29, 0.717) is 6.54 Å². The molecule has 16 heavy (non-hydrogen) atoms. The highest BCUT2D eigenvalue weighted by molar-refractivity contribution is 7.98. The zero-order valence-electron chi connectivity index (χ0n) is 9.49. The lowest BCUT2D eigenvalue weighted by Gasteiger charge is -2.00. The molecule has 0 aromatic carbocycles.